The average Bonchev–Trinajstić information content (AvgIpc) is 2.62. The Balaban J connectivity index is 2.40. The van der Waals surface area contributed by atoms with Crippen molar-refractivity contribution in [1.29, 1.82) is 0 Å². The number of carbonyl (C=O) groups excluding carboxylic acids is 1. The van der Waals surface area contributed by atoms with Gasteiger partial charge in [-0.3, -0.25) is 4.79 Å². The molecule has 0 aromatic carbocycles. The predicted molar refractivity (Wildman–Crippen MR) is 102 cm³/mol. The molecule has 0 aliphatic heterocycles. The fourth-order valence-corrected chi connectivity index (χ4v) is 3.99. The summed E-state index contributed by atoms with van der Waals surface area (Å²) in [4.78, 5) is 15.1. The summed E-state index contributed by atoms with van der Waals surface area (Å²) in [6, 6.07) is 0. The van der Waals surface area contributed by atoms with E-state index >= 15 is 0 Å². The Kier molecular flexibility index (Phi) is 11.4. The van der Waals surface area contributed by atoms with Crippen molar-refractivity contribution in [2.75, 3.05) is 26.2 Å². The molecule has 0 unspecified atom stereocenters. The SMILES string of the molecule is CCCCCCCCC1(C(=O)OCCN(CC)CC)CCCCC1. The minimum atomic E-state index is -0.160. The van der Waals surface area contributed by atoms with Crippen molar-refractivity contribution in [1.82, 2.24) is 4.90 Å². The second-order valence-corrected chi connectivity index (χ2v) is 7.52. The van der Waals surface area contributed by atoms with Gasteiger partial charge in [-0.25, -0.2) is 0 Å². The highest BCUT2D eigenvalue weighted by Crippen LogP contribution is 2.41. The molecule has 0 heterocycles. The minimum absolute atomic E-state index is 0.0999. The van der Waals surface area contributed by atoms with Gasteiger partial charge in [0.1, 0.15) is 6.61 Å². The number of unbranched alkanes of at least 4 members (excludes halogenated alkanes) is 5. The van der Waals surface area contributed by atoms with E-state index in [4.69, 9.17) is 4.74 Å². The standard InChI is InChI=1S/C21H41NO2/c1-4-7-8-9-10-12-15-21(16-13-11-14-17-21)20(23)24-19-18-22(5-2)6-3/h4-19H2,1-3H3. The number of nitrogens with zero attached hydrogens (tertiary/aromatic N) is 1. The van der Waals surface area contributed by atoms with Gasteiger partial charge in [-0.15, -0.1) is 0 Å². The van der Waals surface area contributed by atoms with Crippen molar-refractivity contribution in [2.24, 2.45) is 5.41 Å². The number of carbonyl (C=O) groups is 1. The maximum absolute atomic E-state index is 12.8. The van der Waals surface area contributed by atoms with Crippen molar-refractivity contribution in [2.45, 2.75) is 97.8 Å². The summed E-state index contributed by atoms with van der Waals surface area (Å²) in [5, 5.41) is 0. The molecule has 1 rings (SSSR count). The Morgan fingerprint density at radius 3 is 2.17 bits per heavy atom. The molecule has 1 aliphatic rings. The van der Waals surface area contributed by atoms with Crippen LogP contribution < -0.4 is 0 Å². The molecule has 142 valence electrons. The molecule has 0 atom stereocenters. The van der Waals surface area contributed by atoms with Gasteiger partial charge in [0.25, 0.3) is 0 Å². The summed E-state index contributed by atoms with van der Waals surface area (Å²) < 4.78 is 5.73. The van der Waals surface area contributed by atoms with Gasteiger partial charge in [-0.05, 0) is 32.4 Å². The summed E-state index contributed by atoms with van der Waals surface area (Å²) >= 11 is 0. The molecule has 0 bridgehead atoms. The van der Waals surface area contributed by atoms with Crippen LogP contribution in [0.15, 0.2) is 0 Å². The van der Waals surface area contributed by atoms with Crippen molar-refractivity contribution in [3.63, 3.8) is 0 Å². The van der Waals surface area contributed by atoms with Crippen LogP contribution in [0.5, 0.6) is 0 Å². The van der Waals surface area contributed by atoms with E-state index < -0.39 is 0 Å². The minimum Gasteiger partial charge on any atom is -0.464 e. The topological polar surface area (TPSA) is 29.5 Å². The Morgan fingerprint density at radius 2 is 1.54 bits per heavy atom. The van der Waals surface area contributed by atoms with Crippen molar-refractivity contribution in [3.05, 3.63) is 0 Å². The van der Waals surface area contributed by atoms with E-state index in [1.54, 1.807) is 0 Å². The van der Waals surface area contributed by atoms with Crippen molar-refractivity contribution >= 4 is 5.97 Å². The Hall–Kier alpha value is -0.570. The second-order valence-electron chi connectivity index (χ2n) is 7.52. The van der Waals surface area contributed by atoms with Gasteiger partial charge in [-0.2, -0.15) is 0 Å². The van der Waals surface area contributed by atoms with E-state index in [9.17, 15) is 4.79 Å². The number of rotatable bonds is 13. The summed E-state index contributed by atoms with van der Waals surface area (Å²) in [6.07, 6.45) is 14.6. The van der Waals surface area contributed by atoms with E-state index in [2.05, 4.69) is 25.7 Å². The number of hydrogen-bond donors (Lipinski definition) is 0. The number of hydrogen-bond acceptors (Lipinski definition) is 3. The third-order valence-electron chi connectivity index (χ3n) is 5.79. The Labute approximate surface area is 150 Å². The molecule has 0 saturated heterocycles. The van der Waals surface area contributed by atoms with Crippen LogP contribution in [0, 0.1) is 5.41 Å². The average molecular weight is 340 g/mol. The first-order valence-electron chi connectivity index (χ1n) is 10.6. The lowest BCUT2D eigenvalue weighted by atomic mass is 9.71. The smallest absolute Gasteiger partial charge is 0.312 e. The maximum atomic E-state index is 12.8. The zero-order valence-electron chi connectivity index (χ0n) is 16.6. The fraction of sp³-hybridized carbons (Fsp3) is 0.952. The van der Waals surface area contributed by atoms with Crippen LogP contribution in [0.3, 0.4) is 0 Å². The van der Waals surface area contributed by atoms with Gasteiger partial charge in [0.2, 0.25) is 0 Å². The molecule has 0 aromatic rings. The molecule has 0 aromatic heterocycles. The third kappa shape index (κ3) is 7.55. The van der Waals surface area contributed by atoms with E-state index in [1.807, 2.05) is 0 Å². The Morgan fingerprint density at radius 1 is 0.917 bits per heavy atom. The van der Waals surface area contributed by atoms with Crippen molar-refractivity contribution < 1.29 is 9.53 Å². The largest absolute Gasteiger partial charge is 0.464 e. The number of esters is 1. The van der Waals surface area contributed by atoms with Gasteiger partial charge < -0.3 is 9.64 Å². The molecule has 0 amide bonds. The monoisotopic (exact) mass is 339 g/mol. The molecule has 24 heavy (non-hydrogen) atoms. The lowest BCUT2D eigenvalue weighted by molar-refractivity contribution is -0.159. The van der Waals surface area contributed by atoms with Gasteiger partial charge >= 0.3 is 5.97 Å². The van der Waals surface area contributed by atoms with E-state index in [0.29, 0.717) is 6.61 Å². The summed E-state index contributed by atoms with van der Waals surface area (Å²) in [5.41, 5.74) is -0.160. The molecule has 1 aliphatic carbocycles. The normalized spacial score (nSPS) is 17.2. The van der Waals surface area contributed by atoms with Crippen LogP contribution in [0.25, 0.3) is 0 Å². The molecular formula is C21H41NO2. The van der Waals surface area contributed by atoms with E-state index in [-0.39, 0.29) is 11.4 Å². The molecule has 0 radical (unpaired) electrons. The highest BCUT2D eigenvalue weighted by Gasteiger charge is 2.40. The second kappa shape index (κ2) is 12.7. The van der Waals surface area contributed by atoms with Crippen LogP contribution in [0.4, 0.5) is 0 Å². The van der Waals surface area contributed by atoms with Gasteiger partial charge in [-0.1, -0.05) is 78.6 Å². The van der Waals surface area contributed by atoms with Gasteiger partial charge in [0.15, 0.2) is 0 Å². The molecule has 3 nitrogen and oxygen atoms in total. The molecule has 3 heteroatoms. The fourth-order valence-electron chi connectivity index (χ4n) is 3.99. The molecule has 1 fully saturated rings. The van der Waals surface area contributed by atoms with E-state index in [0.717, 1.165) is 38.9 Å². The lowest BCUT2D eigenvalue weighted by Crippen LogP contribution is -2.37. The number of likely N-dealkylation sites (N-methyl/N-ethyl adjacent to an activating group) is 1. The zero-order valence-corrected chi connectivity index (χ0v) is 16.6. The quantitative estimate of drug-likeness (QED) is 0.324. The third-order valence-corrected chi connectivity index (χ3v) is 5.79. The highest BCUT2D eigenvalue weighted by molar-refractivity contribution is 5.77. The first-order chi connectivity index (χ1) is 11.7. The first kappa shape index (κ1) is 21.5. The Bertz CT molecular complexity index is 320. The van der Waals surface area contributed by atoms with Crippen LogP contribution in [-0.2, 0) is 9.53 Å². The predicted octanol–water partition coefficient (Wildman–Crippen LogP) is 5.57. The number of ether oxygens (including phenoxy) is 1. The van der Waals surface area contributed by atoms with Crippen LogP contribution in [0.1, 0.15) is 97.8 Å². The van der Waals surface area contributed by atoms with Crippen LogP contribution in [-0.4, -0.2) is 37.1 Å². The van der Waals surface area contributed by atoms with Crippen molar-refractivity contribution in [3.8, 4) is 0 Å². The summed E-state index contributed by atoms with van der Waals surface area (Å²) in [6.45, 7) is 10.0. The highest BCUT2D eigenvalue weighted by atomic mass is 16.5. The van der Waals surface area contributed by atoms with Gasteiger partial charge in [0, 0.05) is 6.54 Å². The molecule has 0 spiro atoms. The molecule has 0 N–H and O–H groups in total. The molecule has 1 saturated carbocycles. The van der Waals surface area contributed by atoms with Crippen LogP contribution >= 0.6 is 0 Å². The van der Waals surface area contributed by atoms with Gasteiger partial charge in [0.05, 0.1) is 5.41 Å². The van der Waals surface area contributed by atoms with Crippen LogP contribution in [0.2, 0.25) is 0 Å². The zero-order chi connectivity index (χ0) is 17.7. The first-order valence-corrected chi connectivity index (χ1v) is 10.6. The van der Waals surface area contributed by atoms with E-state index in [1.165, 1.54) is 57.8 Å². The maximum Gasteiger partial charge on any atom is 0.312 e. The lowest BCUT2D eigenvalue weighted by Gasteiger charge is -2.35. The summed E-state index contributed by atoms with van der Waals surface area (Å²) in [7, 11) is 0. The molecular weight excluding hydrogens is 298 g/mol. The summed E-state index contributed by atoms with van der Waals surface area (Å²) in [5.74, 6) is 0.0999.